The van der Waals surface area contributed by atoms with E-state index in [9.17, 15) is 13.2 Å². The predicted octanol–water partition coefficient (Wildman–Crippen LogP) is 2.21. The van der Waals surface area contributed by atoms with Gasteiger partial charge in [-0.05, 0) is 31.5 Å². The van der Waals surface area contributed by atoms with E-state index in [1.165, 1.54) is 22.5 Å². The van der Waals surface area contributed by atoms with Crippen molar-refractivity contribution >= 4 is 39.1 Å². The number of carbonyl (C=O) groups excluding carboxylic acids is 1. The van der Waals surface area contributed by atoms with Crippen molar-refractivity contribution in [3.8, 4) is 0 Å². The first kappa shape index (κ1) is 20.5. The highest BCUT2D eigenvalue weighted by molar-refractivity contribution is 7.89. The molecular weight excluding hydrogens is 385 g/mol. The number of nitrogens with one attached hydrogen (secondary N) is 1. The number of nitrogens with zero attached hydrogens (tertiary/aromatic N) is 2. The highest BCUT2D eigenvalue weighted by Gasteiger charge is 2.31. The summed E-state index contributed by atoms with van der Waals surface area (Å²) in [7, 11) is -3.62. The van der Waals surface area contributed by atoms with Crippen molar-refractivity contribution in [1.29, 1.82) is 0 Å². The van der Waals surface area contributed by atoms with Gasteiger partial charge >= 0.3 is 0 Å². The summed E-state index contributed by atoms with van der Waals surface area (Å²) in [5, 5.41) is 3.40. The Bertz CT molecular complexity index is 719. The molecule has 1 saturated heterocycles. The Hall–Kier alpha value is -0.860. The molecular formula is C16H23Cl2N3O3S. The zero-order valence-electron chi connectivity index (χ0n) is 14.3. The van der Waals surface area contributed by atoms with E-state index >= 15 is 0 Å². The van der Waals surface area contributed by atoms with Crippen LogP contribution in [0.5, 0.6) is 0 Å². The quantitative estimate of drug-likeness (QED) is 0.784. The van der Waals surface area contributed by atoms with Crippen LogP contribution in [0.15, 0.2) is 23.1 Å². The average Bonchev–Trinajstić information content (AvgIpc) is 2.61. The van der Waals surface area contributed by atoms with Gasteiger partial charge in [-0.25, -0.2) is 8.42 Å². The number of hydrogen-bond acceptors (Lipinski definition) is 4. The zero-order valence-corrected chi connectivity index (χ0v) is 16.7. The van der Waals surface area contributed by atoms with E-state index in [1.807, 2.05) is 18.7 Å². The van der Waals surface area contributed by atoms with Gasteiger partial charge < -0.3 is 5.32 Å². The molecule has 6 nitrogen and oxygen atoms in total. The molecule has 1 atom stereocenters. The minimum Gasteiger partial charge on any atom is -0.355 e. The van der Waals surface area contributed by atoms with Crippen molar-refractivity contribution in [3.63, 3.8) is 0 Å². The van der Waals surface area contributed by atoms with Crippen LogP contribution >= 0.6 is 23.2 Å². The minimum absolute atomic E-state index is 0.0253. The van der Waals surface area contributed by atoms with E-state index in [2.05, 4.69) is 5.32 Å². The summed E-state index contributed by atoms with van der Waals surface area (Å²) in [4.78, 5) is 14.2. The summed E-state index contributed by atoms with van der Waals surface area (Å²) >= 11 is 11.8. The van der Waals surface area contributed by atoms with Crippen LogP contribution in [0.3, 0.4) is 0 Å². The van der Waals surface area contributed by atoms with Gasteiger partial charge in [0, 0.05) is 32.7 Å². The van der Waals surface area contributed by atoms with Gasteiger partial charge in [-0.3, -0.25) is 9.69 Å². The first-order chi connectivity index (χ1) is 11.8. The number of halogens is 2. The number of carbonyl (C=O) groups is 1. The Morgan fingerprint density at radius 2 is 1.84 bits per heavy atom. The topological polar surface area (TPSA) is 69.7 Å². The maximum Gasteiger partial charge on any atom is 0.243 e. The van der Waals surface area contributed by atoms with Crippen LogP contribution in [0, 0.1) is 0 Å². The summed E-state index contributed by atoms with van der Waals surface area (Å²) in [5.74, 6) is -0.0253. The third kappa shape index (κ3) is 4.86. The normalized spacial score (nSPS) is 18.1. The molecule has 1 aromatic rings. The second-order valence-electron chi connectivity index (χ2n) is 5.98. The standard InChI is InChI=1S/C16H23Cl2N3O3S/c1-3-6-19-16(22)12(2)20-7-9-21(10-8-20)25(23,24)13-4-5-14(17)15(18)11-13/h4-5,11-12H,3,6-10H2,1-2H3,(H,19,22)/t12-/m1/s1. The molecule has 0 aromatic heterocycles. The van der Waals surface area contributed by atoms with E-state index in [0.717, 1.165) is 6.42 Å². The van der Waals surface area contributed by atoms with Crippen LogP contribution < -0.4 is 5.32 Å². The lowest BCUT2D eigenvalue weighted by Crippen LogP contribution is -2.54. The minimum atomic E-state index is -3.62. The zero-order chi connectivity index (χ0) is 18.6. The largest absolute Gasteiger partial charge is 0.355 e. The number of hydrogen-bond donors (Lipinski definition) is 1. The third-order valence-electron chi connectivity index (χ3n) is 4.28. The molecule has 0 bridgehead atoms. The fraction of sp³-hybridized carbons (Fsp3) is 0.562. The van der Waals surface area contributed by atoms with Gasteiger partial charge in [-0.2, -0.15) is 4.31 Å². The molecule has 0 spiro atoms. The smallest absolute Gasteiger partial charge is 0.243 e. The summed E-state index contributed by atoms with van der Waals surface area (Å²) < 4.78 is 26.9. The highest BCUT2D eigenvalue weighted by atomic mass is 35.5. The lowest BCUT2D eigenvalue weighted by molar-refractivity contribution is -0.126. The molecule has 25 heavy (non-hydrogen) atoms. The highest BCUT2D eigenvalue weighted by Crippen LogP contribution is 2.27. The van der Waals surface area contributed by atoms with Crippen molar-refractivity contribution in [1.82, 2.24) is 14.5 Å². The van der Waals surface area contributed by atoms with Gasteiger partial charge in [0.2, 0.25) is 15.9 Å². The van der Waals surface area contributed by atoms with E-state index < -0.39 is 10.0 Å². The molecule has 1 N–H and O–H groups in total. The SMILES string of the molecule is CCCNC(=O)[C@@H](C)N1CCN(S(=O)(=O)c2ccc(Cl)c(Cl)c2)CC1. The Balaban J connectivity index is 2.01. The van der Waals surface area contributed by atoms with Gasteiger partial charge in [0.05, 0.1) is 21.0 Å². The lowest BCUT2D eigenvalue weighted by atomic mass is 10.2. The van der Waals surface area contributed by atoms with Gasteiger partial charge in [0.1, 0.15) is 0 Å². The Morgan fingerprint density at radius 3 is 2.40 bits per heavy atom. The number of benzene rings is 1. The predicted molar refractivity (Wildman–Crippen MR) is 99.6 cm³/mol. The van der Waals surface area contributed by atoms with Crippen molar-refractivity contribution in [3.05, 3.63) is 28.2 Å². The van der Waals surface area contributed by atoms with Crippen LogP contribution in [0.25, 0.3) is 0 Å². The van der Waals surface area contributed by atoms with Crippen LogP contribution in [-0.2, 0) is 14.8 Å². The molecule has 0 unspecified atom stereocenters. The molecule has 0 radical (unpaired) electrons. The Labute approximate surface area is 159 Å². The summed E-state index contributed by atoms with van der Waals surface area (Å²) in [5.41, 5.74) is 0. The fourth-order valence-corrected chi connectivity index (χ4v) is 4.49. The second kappa shape index (κ2) is 8.68. The van der Waals surface area contributed by atoms with Crippen LogP contribution in [0.1, 0.15) is 20.3 Å². The molecule has 1 fully saturated rings. The Morgan fingerprint density at radius 1 is 1.20 bits per heavy atom. The van der Waals surface area contributed by atoms with Crippen molar-refractivity contribution in [2.75, 3.05) is 32.7 Å². The van der Waals surface area contributed by atoms with Gasteiger partial charge in [0.25, 0.3) is 0 Å². The number of piperazine rings is 1. The average molecular weight is 408 g/mol. The van der Waals surface area contributed by atoms with E-state index in [0.29, 0.717) is 37.7 Å². The first-order valence-corrected chi connectivity index (χ1v) is 10.4. The van der Waals surface area contributed by atoms with E-state index in [1.54, 1.807) is 0 Å². The van der Waals surface area contributed by atoms with Crippen molar-refractivity contribution in [2.45, 2.75) is 31.2 Å². The molecule has 1 aliphatic heterocycles. The monoisotopic (exact) mass is 407 g/mol. The van der Waals surface area contributed by atoms with Crippen LogP contribution in [0.2, 0.25) is 10.0 Å². The van der Waals surface area contributed by atoms with Gasteiger partial charge in [0.15, 0.2) is 0 Å². The molecule has 1 aromatic carbocycles. The molecule has 140 valence electrons. The maximum atomic E-state index is 12.7. The third-order valence-corrected chi connectivity index (χ3v) is 6.91. The molecule has 0 aliphatic carbocycles. The summed E-state index contributed by atoms with van der Waals surface area (Å²) in [6.07, 6.45) is 0.883. The van der Waals surface area contributed by atoms with Crippen molar-refractivity contribution in [2.24, 2.45) is 0 Å². The van der Waals surface area contributed by atoms with Crippen LogP contribution in [0.4, 0.5) is 0 Å². The van der Waals surface area contributed by atoms with Crippen molar-refractivity contribution < 1.29 is 13.2 Å². The maximum absolute atomic E-state index is 12.7. The van der Waals surface area contributed by atoms with E-state index in [-0.39, 0.29) is 21.9 Å². The van der Waals surface area contributed by atoms with Gasteiger partial charge in [-0.15, -0.1) is 0 Å². The number of amides is 1. The lowest BCUT2D eigenvalue weighted by Gasteiger charge is -2.36. The molecule has 0 saturated carbocycles. The van der Waals surface area contributed by atoms with Crippen LogP contribution in [-0.4, -0.2) is 62.3 Å². The summed E-state index contributed by atoms with van der Waals surface area (Å²) in [6, 6.07) is 4.03. The molecule has 1 heterocycles. The Kier molecular flexibility index (Phi) is 7.10. The molecule has 2 rings (SSSR count). The fourth-order valence-electron chi connectivity index (χ4n) is 2.68. The molecule has 9 heteroatoms. The summed E-state index contributed by atoms with van der Waals surface area (Å²) in [6.45, 7) is 6.14. The number of rotatable bonds is 6. The number of sulfonamides is 1. The first-order valence-electron chi connectivity index (χ1n) is 8.24. The van der Waals surface area contributed by atoms with E-state index in [4.69, 9.17) is 23.2 Å². The van der Waals surface area contributed by atoms with Gasteiger partial charge in [-0.1, -0.05) is 30.1 Å². The second-order valence-corrected chi connectivity index (χ2v) is 8.74. The molecule has 1 aliphatic rings. The molecule has 1 amide bonds.